The van der Waals surface area contributed by atoms with E-state index >= 15 is 0 Å². The molecule has 1 aliphatic heterocycles. The van der Waals surface area contributed by atoms with Crippen LogP contribution in [0.1, 0.15) is 6.42 Å². The Labute approximate surface area is 122 Å². The van der Waals surface area contributed by atoms with Crippen LogP contribution in [0.5, 0.6) is 5.75 Å². The Morgan fingerprint density at radius 1 is 1.33 bits per heavy atom. The highest BCUT2D eigenvalue weighted by Gasteiger charge is 2.23. The highest BCUT2D eigenvalue weighted by atomic mass is 16.5. The van der Waals surface area contributed by atoms with Gasteiger partial charge in [-0.2, -0.15) is 0 Å². The minimum atomic E-state index is -0.128. The van der Waals surface area contributed by atoms with Crippen molar-refractivity contribution in [2.45, 2.75) is 12.5 Å². The van der Waals surface area contributed by atoms with Crippen molar-refractivity contribution in [3.05, 3.63) is 47.0 Å². The van der Waals surface area contributed by atoms with Gasteiger partial charge in [-0.25, -0.2) is 4.98 Å². The van der Waals surface area contributed by atoms with Gasteiger partial charge in [-0.3, -0.25) is 9.36 Å². The average Bonchev–Trinajstić information content (AvgIpc) is 2.94. The Kier molecular flexibility index (Phi) is 3.62. The summed E-state index contributed by atoms with van der Waals surface area (Å²) >= 11 is 0. The van der Waals surface area contributed by atoms with E-state index in [1.54, 1.807) is 24.1 Å². The van der Waals surface area contributed by atoms with Crippen molar-refractivity contribution in [1.82, 2.24) is 9.55 Å². The van der Waals surface area contributed by atoms with Gasteiger partial charge in [0.15, 0.2) is 5.82 Å². The fourth-order valence-electron chi connectivity index (χ4n) is 2.54. The van der Waals surface area contributed by atoms with Crippen LogP contribution in [0.4, 0.5) is 5.82 Å². The summed E-state index contributed by atoms with van der Waals surface area (Å²) in [6.45, 7) is 1.45. The Hall–Kier alpha value is -2.34. The molecule has 6 nitrogen and oxygen atoms in total. The van der Waals surface area contributed by atoms with Crippen LogP contribution in [-0.4, -0.2) is 35.8 Å². The second-order valence-corrected chi connectivity index (χ2v) is 5.12. The molecule has 1 aromatic heterocycles. The lowest BCUT2D eigenvalue weighted by Crippen LogP contribution is -2.33. The van der Waals surface area contributed by atoms with Crippen LogP contribution < -0.4 is 20.9 Å². The first kappa shape index (κ1) is 13.6. The first-order chi connectivity index (χ1) is 10.2. The molecule has 2 heterocycles. The second kappa shape index (κ2) is 5.57. The van der Waals surface area contributed by atoms with Gasteiger partial charge in [0.2, 0.25) is 0 Å². The quantitative estimate of drug-likeness (QED) is 0.902. The minimum absolute atomic E-state index is 0.112. The Balaban J connectivity index is 1.98. The van der Waals surface area contributed by atoms with Crippen molar-refractivity contribution >= 4 is 5.82 Å². The minimum Gasteiger partial charge on any atom is -0.497 e. The summed E-state index contributed by atoms with van der Waals surface area (Å²) < 4.78 is 6.72. The van der Waals surface area contributed by atoms with Crippen molar-refractivity contribution in [1.29, 1.82) is 0 Å². The Morgan fingerprint density at radius 2 is 2.10 bits per heavy atom. The number of nitrogens with zero attached hydrogens (tertiary/aromatic N) is 3. The summed E-state index contributed by atoms with van der Waals surface area (Å²) in [6, 6.07) is 7.46. The van der Waals surface area contributed by atoms with Crippen molar-refractivity contribution < 1.29 is 4.74 Å². The molecule has 1 fully saturated rings. The average molecular weight is 286 g/mol. The molecule has 1 aliphatic rings. The molecular weight excluding hydrogens is 268 g/mol. The number of ether oxygens (including phenoxy) is 1. The van der Waals surface area contributed by atoms with Gasteiger partial charge in [0, 0.05) is 37.2 Å². The summed E-state index contributed by atoms with van der Waals surface area (Å²) in [5.41, 5.74) is 6.56. The molecule has 21 heavy (non-hydrogen) atoms. The largest absolute Gasteiger partial charge is 0.497 e. The van der Waals surface area contributed by atoms with Crippen molar-refractivity contribution in [2.75, 3.05) is 25.1 Å². The van der Waals surface area contributed by atoms with Crippen molar-refractivity contribution in [2.24, 2.45) is 5.73 Å². The van der Waals surface area contributed by atoms with E-state index in [2.05, 4.69) is 4.98 Å². The molecule has 1 aromatic carbocycles. The summed E-state index contributed by atoms with van der Waals surface area (Å²) in [7, 11) is 1.61. The fraction of sp³-hybridized carbons (Fsp3) is 0.333. The van der Waals surface area contributed by atoms with Crippen LogP contribution in [-0.2, 0) is 0 Å². The zero-order chi connectivity index (χ0) is 14.8. The Morgan fingerprint density at radius 3 is 2.71 bits per heavy atom. The maximum atomic E-state index is 12.6. The van der Waals surface area contributed by atoms with E-state index in [4.69, 9.17) is 10.5 Å². The number of rotatable bonds is 3. The van der Waals surface area contributed by atoms with Crippen LogP contribution >= 0.6 is 0 Å². The van der Waals surface area contributed by atoms with E-state index < -0.39 is 0 Å². The molecule has 110 valence electrons. The molecule has 0 unspecified atom stereocenters. The summed E-state index contributed by atoms with van der Waals surface area (Å²) in [4.78, 5) is 18.8. The van der Waals surface area contributed by atoms with E-state index in [-0.39, 0.29) is 11.6 Å². The van der Waals surface area contributed by atoms with E-state index in [0.29, 0.717) is 12.4 Å². The van der Waals surface area contributed by atoms with Crippen LogP contribution in [0, 0.1) is 0 Å². The number of methoxy groups -OCH3 is 1. The lowest BCUT2D eigenvalue weighted by molar-refractivity contribution is 0.414. The zero-order valence-electron chi connectivity index (χ0n) is 11.9. The van der Waals surface area contributed by atoms with Crippen LogP contribution in [0.3, 0.4) is 0 Å². The van der Waals surface area contributed by atoms with Crippen LogP contribution in [0.15, 0.2) is 41.5 Å². The third-order valence-electron chi connectivity index (χ3n) is 3.70. The molecule has 0 spiro atoms. The lowest BCUT2D eigenvalue weighted by atomic mass is 10.3. The molecule has 0 saturated carbocycles. The summed E-state index contributed by atoms with van der Waals surface area (Å²) in [5.74, 6) is 1.22. The third-order valence-corrected chi connectivity index (χ3v) is 3.70. The predicted octanol–water partition coefficient (Wildman–Crippen LogP) is 0.779. The molecule has 0 bridgehead atoms. The monoisotopic (exact) mass is 286 g/mol. The molecule has 3 rings (SSSR count). The lowest BCUT2D eigenvalue weighted by Gasteiger charge is -2.17. The van der Waals surface area contributed by atoms with Crippen molar-refractivity contribution in [3.63, 3.8) is 0 Å². The number of benzene rings is 1. The fourth-order valence-corrected chi connectivity index (χ4v) is 2.54. The molecule has 2 N–H and O–H groups in total. The van der Waals surface area contributed by atoms with Gasteiger partial charge < -0.3 is 15.4 Å². The molecule has 0 aliphatic carbocycles. The maximum Gasteiger partial charge on any atom is 0.298 e. The topological polar surface area (TPSA) is 73.4 Å². The Bertz CT molecular complexity index is 681. The van der Waals surface area contributed by atoms with E-state index in [9.17, 15) is 4.79 Å². The first-order valence-electron chi connectivity index (χ1n) is 6.91. The van der Waals surface area contributed by atoms with Gasteiger partial charge in [0.25, 0.3) is 5.56 Å². The number of aromatic nitrogens is 2. The van der Waals surface area contributed by atoms with Gasteiger partial charge in [0.05, 0.1) is 7.11 Å². The molecule has 2 aromatic rings. The smallest absolute Gasteiger partial charge is 0.298 e. The van der Waals surface area contributed by atoms with Crippen LogP contribution in [0.25, 0.3) is 5.69 Å². The molecular formula is C15H18N4O2. The van der Waals surface area contributed by atoms with E-state index in [1.165, 1.54) is 0 Å². The third kappa shape index (κ3) is 2.62. The number of hydrogen-bond donors (Lipinski definition) is 1. The first-order valence-corrected chi connectivity index (χ1v) is 6.91. The number of hydrogen-bond acceptors (Lipinski definition) is 5. The number of anilines is 1. The van der Waals surface area contributed by atoms with Crippen molar-refractivity contribution in [3.8, 4) is 11.4 Å². The molecule has 0 radical (unpaired) electrons. The van der Waals surface area contributed by atoms with Gasteiger partial charge in [0.1, 0.15) is 5.75 Å². The van der Waals surface area contributed by atoms with Gasteiger partial charge in [-0.15, -0.1) is 0 Å². The summed E-state index contributed by atoms with van der Waals surface area (Å²) in [6.07, 6.45) is 4.20. The molecule has 6 heteroatoms. The van der Waals surface area contributed by atoms with E-state index in [1.807, 2.05) is 29.2 Å². The maximum absolute atomic E-state index is 12.6. The van der Waals surface area contributed by atoms with Gasteiger partial charge in [-0.05, 0) is 30.7 Å². The molecule has 1 atom stereocenters. The SMILES string of the molecule is COc1ccc(-n2ccnc(N3CC[C@@H](N)C3)c2=O)cc1. The molecule has 0 amide bonds. The highest BCUT2D eigenvalue weighted by Crippen LogP contribution is 2.16. The predicted molar refractivity (Wildman–Crippen MR) is 81.2 cm³/mol. The molecule has 1 saturated heterocycles. The summed E-state index contributed by atoms with van der Waals surface area (Å²) in [5, 5.41) is 0. The van der Waals surface area contributed by atoms with E-state index in [0.717, 1.165) is 24.4 Å². The van der Waals surface area contributed by atoms with Gasteiger partial charge in [-0.1, -0.05) is 0 Å². The standard InChI is InChI=1S/C15H18N4O2/c1-21-13-4-2-12(3-5-13)19-9-7-17-14(15(19)20)18-8-6-11(16)10-18/h2-5,7,9,11H,6,8,10,16H2,1H3/t11-/m1/s1. The highest BCUT2D eigenvalue weighted by molar-refractivity contribution is 5.43. The van der Waals surface area contributed by atoms with Crippen LogP contribution in [0.2, 0.25) is 0 Å². The van der Waals surface area contributed by atoms with Gasteiger partial charge >= 0.3 is 0 Å². The number of nitrogens with two attached hydrogens (primary N) is 1. The second-order valence-electron chi connectivity index (χ2n) is 5.12. The zero-order valence-corrected chi connectivity index (χ0v) is 11.9. The normalized spacial score (nSPS) is 18.0.